The van der Waals surface area contributed by atoms with E-state index in [1.165, 1.54) is 24.9 Å². The smallest absolute Gasteiger partial charge is 0.311 e. The molecule has 142 valence electrons. The Hall–Kier alpha value is -1.51. The number of nitro benzene ring substituents is 1. The fourth-order valence-electron chi connectivity index (χ4n) is 2.33. The van der Waals surface area contributed by atoms with Gasteiger partial charge in [-0.1, -0.05) is 19.9 Å². The van der Waals surface area contributed by atoms with Gasteiger partial charge in [-0.05, 0) is 24.5 Å². The lowest BCUT2D eigenvalue weighted by Gasteiger charge is -2.31. The summed E-state index contributed by atoms with van der Waals surface area (Å²) in [6.45, 7) is 4.40. The molecular weight excluding hydrogens is 366 g/mol. The Morgan fingerprint density at radius 1 is 1.40 bits per heavy atom. The molecule has 1 aromatic carbocycles. The molecule has 0 saturated heterocycles. The third-order valence-corrected chi connectivity index (χ3v) is 5.09. The number of benzene rings is 1. The van der Waals surface area contributed by atoms with E-state index in [4.69, 9.17) is 10.5 Å². The summed E-state index contributed by atoms with van der Waals surface area (Å²) in [5.74, 6) is 0.940. The molecule has 0 aliphatic carbocycles. The van der Waals surface area contributed by atoms with Crippen LogP contribution in [0.5, 0.6) is 5.75 Å². The van der Waals surface area contributed by atoms with Gasteiger partial charge in [0, 0.05) is 18.4 Å². The second-order valence-electron chi connectivity index (χ2n) is 5.50. The summed E-state index contributed by atoms with van der Waals surface area (Å²) in [6.07, 6.45) is 1.56. The fraction of sp³-hybridized carbons (Fsp3) is 0.562. The van der Waals surface area contributed by atoms with E-state index in [0.29, 0.717) is 12.3 Å². The number of halogens is 1. The van der Waals surface area contributed by atoms with Gasteiger partial charge >= 0.3 is 5.69 Å². The van der Waals surface area contributed by atoms with E-state index in [1.807, 2.05) is 13.8 Å². The predicted octanol–water partition coefficient (Wildman–Crippen LogP) is 2.89. The van der Waals surface area contributed by atoms with Crippen molar-refractivity contribution in [3.05, 3.63) is 33.9 Å². The van der Waals surface area contributed by atoms with E-state index in [9.17, 15) is 14.9 Å². The molecule has 7 nitrogen and oxygen atoms in total. The molecule has 0 bridgehead atoms. The number of nitrogens with two attached hydrogens (primary N) is 1. The summed E-state index contributed by atoms with van der Waals surface area (Å²) >= 11 is 1.40. The lowest BCUT2D eigenvalue weighted by atomic mass is 9.93. The largest absolute Gasteiger partial charge is 0.490 e. The molecule has 25 heavy (non-hydrogen) atoms. The van der Waals surface area contributed by atoms with Crippen molar-refractivity contribution in [3.63, 3.8) is 0 Å². The third-order valence-electron chi connectivity index (χ3n) is 4.09. The lowest BCUT2D eigenvalue weighted by Crippen LogP contribution is -2.53. The zero-order valence-corrected chi connectivity index (χ0v) is 16.4. The van der Waals surface area contributed by atoms with Crippen LogP contribution in [-0.4, -0.2) is 35.8 Å². The first-order valence-electron chi connectivity index (χ1n) is 7.81. The zero-order chi connectivity index (χ0) is 18.2. The number of ether oxygens (including phenoxy) is 1. The number of nitro groups is 1. The maximum Gasteiger partial charge on any atom is 0.311 e. The molecular formula is C16H26ClN3O4S. The van der Waals surface area contributed by atoms with Crippen molar-refractivity contribution in [3.8, 4) is 5.75 Å². The molecule has 0 aliphatic heterocycles. The highest BCUT2D eigenvalue weighted by molar-refractivity contribution is 7.99. The molecule has 0 radical (unpaired) electrons. The number of amides is 1. The molecule has 0 atom stereocenters. The van der Waals surface area contributed by atoms with Crippen LogP contribution in [0.2, 0.25) is 0 Å². The van der Waals surface area contributed by atoms with Crippen LogP contribution >= 0.6 is 24.2 Å². The standard InChI is InChI=1S/C16H25N3O4S.ClH/c1-4-16(5-2,11-17)18-15(20)10-24-9-12-6-7-14(23-3)13(8-12)19(21)22;/h6-8H,4-5,9-11,17H2,1-3H3,(H,18,20);1H. The maximum atomic E-state index is 12.1. The van der Waals surface area contributed by atoms with E-state index in [2.05, 4.69) is 5.32 Å². The topological polar surface area (TPSA) is 107 Å². The molecule has 1 amide bonds. The Balaban J connectivity index is 0.00000576. The van der Waals surface area contributed by atoms with Crippen LogP contribution in [0.1, 0.15) is 32.3 Å². The first-order valence-corrected chi connectivity index (χ1v) is 8.97. The van der Waals surface area contributed by atoms with Gasteiger partial charge in [-0.3, -0.25) is 14.9 Å². The average Bonchev–Trinajstić information content (AvgIpc) is 2.59. The molecule has 0 heterocycles. The van der Waals surface area contributed by atoms with Crippen molar-refractivity contribution in [1.82, 2.24) is 5.32 Å². The fourth-order valence-corrected chi connectivity index (χ4v) is 3.10. The molecule has 0 saturated carbocycles. The number of carbonyl (C=O) groups excluding carboxylic acids is 1. The molecule has 3 N–H and O–H groups in total. The third kappa shape index (κ3) is 6.72. The minimum atomic E-state index is -0.474. The second-order valence-corrected chi connectivity index (χ2v) is 6.48. The highest BCUT2D eigenvalue weighted by Gasteiger charge is 2.26. The summed E-state index contributed by atoms with van der Waals surface area (Å²) in [5, 5.41) is 14.0. The van der Waals surface area contributed by atoms with Gasteiger partial charge in [0.1, 0.15) is 0 Å². The van der Waals surface area contributed by atoms with Crippen molar-refractivity contribution >= 4 is 35.8 Å². The van der Waals surface area contributed by atoms with Crippen LogP contribution in [0.15, 0.2) is 18.2 Å². The van der Waals surface area contributed by atoms with Gasteiger partial charge in [0.05, 0.1) is 23.3 Å². The van der Waals surface area contributed by atoms with Crippen molar-refractivity contribution in [2.24, 2.45) is 5.73 Å². The number of thioether (sulfide) groups is 1. The van der Waals surface area contributed by atoms with E-state index >= 15 is 0 Å². The van der Waals surface area contributed by atoms with Crippen molar-refractivity contribution in [2.75, 3.05) is 19.4 Å². The second kappa shape index (κ2) is 11.2. The van der Waals surface area contributed by atoms with Gasteiger partial charge in [0.15, 0.2) is 5.75 Å². The molecule has 0 aliphatic rings. The molecule has 0 aromatic heterocycles. The van der Waals surface area contributed by atoms with Crippen molar-refractivity contribution in [2.45, 2.75) is 38.0 Å². The number of methoxy groups -OCH3 is 1. The number of hydrogen-bond donors (Lipinski definition) is 2. The summed E-state index contributed by atoms with van der Waals surface area (Å²) in [7, 11) is 1.40. The lowest BCUT2D eigenvalue weighted by molar-refractivity contribution is -0.385. The van der Waals surface area contributed by atoms with E-state index < -0.39 is 4.92 Å². The van der Waals surface area contributed by atoms with Crippen LogP contribution in [0.25, 0.3) is 0 Å². The first-order chi connectivity index (χ1) is 11.4. The monoisotopic (exact) mass is 391 g/mol. The number of rotatable bonds is 10. The van der Waals surface area contributed by atoms with E-state index in [1.54, 1.807) is 12.1 Å². The Labute approximate surface area is 158 Å². The van der Waals surface area contributed by atoms with Gasteiger partial charge in [-0.25, -0.2) is 0 Å². The van der Waals surface area contributed by atoms with E-state index in [0.717, 1.165) is 18.4 Å². The van der Waals surface area contributed by atoms with Gasteiger partial charge in [0.2, 0.25) is 5.91 Å². The van der Waals surface area contributed by atoms with E-state index in [-0.39, 0.29) is 41.0 Å². The van der Waals surface area contributed by atoms with Gasteiger partial charge in [-0.15, -0.1) is 24.2 Å². The minimum Gasteiger partial charge on any atom is -0.490 e. The normalized spacial score (nSPS) is 10.7. The highest BCUT2D eigenvalue weighted by Crippen LogP contribution is 2.29. The van der Waals surface area contributed by atoms with Crippen LogP contribution in [-0.2, 0) is 10.5 Å². The zero-order valence-electron chi connectivity index (χ0n) is 14.7. The maximum absolute atomic E-state index is 12.1. The summed E-state index contributed by atoms with van der Waals surface area (Å²) in [5.41, 5.74) is 6.13. The van der Waals surface area contributed by atoms with Crippen molar-refractivity contribution in [1.29, 1.82) is 0 Å². The molecule has 1 aromatic rings. The molecule has 0 unspecified atom stereocenters. The highest BCUT2D eigenvalue weighted by atomic mass is 35.5. The Bertz CT molecular complexity index is 574. The van der Waals surface area contributed by atoms with Crippen molar-refractivity contribution < 1.29 is 14.5 Å². The SMILES string of the molecule is CCC(CC)(CN)NC(=O)CSCc1ccc(OC)c([N+](=O)[O-])c1.Cl. The van der Waals surface area contributed by atoms with Gasteiger partial charge < -0.3 is 15.8 Å². The quantitative estimate of drug-likeness (QED) is 0.469. The number of nitrogens with zero attached hydrogens (tertiary/aromatic N) is 1. The summed E-state index contributed by atoms with van der Waals surface area (Å²) < 4.78 is 4.97. The van der Waals surface area contributed by atoms with Gasteiger partial charge in [0.25, 0.3) is 0 Å². The van der Waals surface area contributed by atoms with Crippen LogP contribution in [0, 0.1) is 10.1 Å². The van der Waals surface area contributed by atoms with Gasteiger partial charge in [-0.2, -0.15) is 0 Å². The first kappa shape index (κ1) is 23.5. The number of nitrogens with one attached hydrogen (secondary N) is 1. The van der Waals surface area contributed by atoms with Crippen LogP contribution in [0.3, 0.4) is 0 Å². The molecule has 9 heteroatoms. The molecule has 1 rings (SSSR count). The number of carbonyl (C=O) groups is 1. The summed E-state index contributed by atoms with van der Waals surface area (Å²) in [4.78, 5) is 22.6. The Morgan fingerprint density at radius 3 is 2.52 bits per heavy atom. The van der Waals surface area contributed by atoms with Crippen LogP contribution in [0.4, 0.5) is 5.69 Å². The Kier molecular flexibility index (Phi) is 10.5. The Morgan fingerprint density at radius 2 is 2.04 bits per heavy atom. The minimum absolute atomic E-state index is 0. The summed E-state index contributed by atoms with van der Waals surface area (Å²) in [6, 6.07) is 4.81. The average molecular weight is 392 g/mol. The molecule has 0 fully saturated rings. The van der Waals surface area contributed by atoms with Crippen LogP contribution < -0.4 is 15.8 Å². The number of hydrogen-bond acceptors (Lipinski definition) is 6. The molecule has 0 spiro atoms. The predicted molar refractivity (Wildman–Crippen MR) is 104 cm³/mol.